The minimum Gasteiger partial charge on any atom is -0.307 e. The van der Waals surface area contributed by atoms with E-state index in [1.165, 1.54) is 22.3 Å². The molecule has 0 spiro atoms. The molecule has 1 atom stereocenters. The number of nitrogens with zero attached hydrogens (tertiary/aromatic N) is 4. The highest BCUT2D eigenvalue weighted by molar-refractivity contribution is 7.83. The lowest BCUT2D eigenvalue weighted by atomic mass is 9.99. The molecule has 2 aliphatic carbocycles. The summed E-state index contributed by atoms with van der Waals surface area (Å²) in [6.07, 6.45) is 6.40. The molecule has 1 aromatic heterocycles. The van der Waals surface area contributed by atoms with Crippen molar-refractivity contribution in [3.05, 3.63) is 40.1 Å². The third kappa shape index (κ3) is 4.09. The molecule has 0 saturated carbocycles. The van der Waals surface area contributed by atoms with Gasteiger partial charge in [-0.15, -0.1) is 0 Å². The molecule has 1 saturated heterocycles. The average Bonchev–Trinajstić information content (AvgIpc) is 3.45. The van der Waals surface area contributed by atoms with Crippen LogP contribution in [0.5, 0.6) is 0 Å². The van der Waals surface area contributed by atoms with Crippen LogP contribution >= 0.6 is 0 Å². The lowest BCUT2D eigenvalue weighted by molar-refractivity contribution is 0.0644. The van der Waals surface area contributed by atoms with Gasteiger partial charge in [0.1, 0.15) is 0 Å². The van der Waals surface area contributed by atoms with Gasteiger partial charge in [0.15, 0.2) is 16.0 Å². The number of aromatic nitrogens is 2. The first-order chi connectivity index (χ1) is 15.4. The van der Waals surface area contributed by atoms with E-state index >= 15 is 0 Å². The molecule has 172 valence electrons. The second-order valence-electron chi connectivity index (χ2n) is 9.45. The van der Waals surface area contributed by atoms with E-state index in [9.17, 15) is 9.00 Å². The number of rotatable bonds is 6. The zero-order valence-electron chi connectivity index (χ0n) is 19.1. The van der Waals surface area contributed by atoms with E-state index in [2.05, 4.69) is 45.1 Å². The SMILES string of the molecule is CN1CC(N(C)Cc2cc(S(=O)NC(=O)Nc3c4c(cc5c3CCC5)CCC4)nn2C)C1. The molecule has 0 radical (unpaired) electrons. The fourth-order valence-corrected chi connectivity index (χ4v) is 6.05. The van der Waals surface area contributed by atoms with Gasteiger partial charge in [-0.3, -0.25) is 14.3 Å². The number of aryl methyl sites for hydroxylation is 3. The van der Waals surface area contributed by atoms with E-state index in [0.29, 0.717) is 11.1 Å². The van der Waals surface area contributed by atoms with Crippen LogP contribution in [0.4, 0.5) is 10.5 Å². The zero-order valence-corrected chi connectivity index (χ0v) is 19.9. The number of nitrogens with one attached hydrogen (secondary N) is 2. The monoisotopic (exact) mass is 456 g/mol. The van der Waals surface area contributed by atoms with Crippen LogP contribution in [0.25, 0.3) is 0 Å². The summed E-state index contributed by atoms with van der Waals surface area (Å²) in [5.74, 6) is 0. The first-order valence-corrected chi connectivity index (χ1v) is 12.6. The first kappa shape index (κ1) is 21.6. The molecule has 2 N–H and O–H groups in total. The summed E-state index contributed by atoms with van der Waals surface area (Å²) in [5.41, 5.74) is 7.17. The Morgan fingerprint density at radius 2 is 1.78 bits per heavy atom. The predicted molar refractivity (Wildman–Crippen MR) is 125 cm³/mol. The smallest absolute Gasteiger partial charge is 0.307 e. The Balaban J connectivity index is 1.25. The van der Waals surface area contributed by atoms with Crippen molar-refractivity contribution in [2.24, 2.45) is 7.05 Å². The quantitative estimate of drug-likeness (QED) is 0.695. The van der Waals surface area contributed by atoms with Crippen molar-refractivity contribution in [3.63, 3.8) is 0 Å². The number of anilines is 1. The van der Waals surface area contributed by atoms with Crippen molar-refractivity contribution >= 4 is 22.7 Å². The maximum absolute atomic E-state index is 12.9. The maximum atomic E-state index is 12.9. The zero-order chi connectivity index (χ0) is 22.4. The summed E-state index contributed by atoms with van der Waals surface area (Å²) >= 11 is 0. The van der Waals surface area contributed by atoms with Gasteiger partial charge in [0.25, 0.3) is 0 Å². The number of likely N-dealkylation sites (tertiary alicyclic amines) is 1. The number of fused-ring (bicyclic) bond motifs is 2. The molecule has 9 heteroatoms. The molecule has 32 heavy (non-hydrogen) atoms. The largest absolute Gasteiger partial charge is 0.331 e. The highest BCUT2D eigenvalue weighted by Gasteiger charge is 2.28. The summed E-state index contributed by atoms with van der Waals surface area (Å²) < 4.78 is 17.2. The molecule has 1 aliphatic heterocycles. The number of hydrogen-bond acceptors (Lipinski definition) is 5. The summed E-state index contributed by atoms with van der Waals surface area (Å²) in [7, 11) is 4.36. The van der Waals surface area contributed by atoms with Crippen LogP contribution in [0, 0.1) is 0 Å². The topological polar surface area (TPSA) is 82.5 Å². The summed E-state index contributed by atoms with van der Waals surface area (Å²) in [5, 5.41) is 7.81. The molecular formula is C23H32N6O2S. The Morgan fingerprint density at radius 3 is 2.41 bits per heavy atom. The maximum Gasteiger partial charge on any atom is 0.331 e. The van der Waals surface area contributed by atoms with E-state index in [1.807, 2.05) is 13.1 Å². The molecule has 2 aromatic rings. The number of benzene rings is 1. The van der Waals surface area contributed by atoms with Crippen LogP contribution in [0.15, 0.2) is 17.2 Å². The molecule has 1 fully saturated rings. The fourth-order valence-electron chi connectivity index (χ4n) is 5.29. The second-order valence-corrected chi connectivity index (χ2v) is 10.6. The van der Waals surface area contributed by atoms with Gasteiger partial charge in [-0.25, -0.2) is 9.00 Å². The normalized spacial score (nSPS) is 19.0. The van der Waals surface area contributed by atoms with Gasteiger partial charge >= 0.3 is 6.03 Å². The number of carbonyl (C=O) groups is 1. The molecule has 0 bridgehead atoms. The van der Waals surface area contributed by atoms with Gasteiger partial charge in [0.2, 0.25) is 0 Å². The number of urea groups is 1. The third-order valence-corrected chi connectivity index (χ3v) is 8.07. The average molecular weight is 457 g/mol. The van der Waals surface area contributed by atoms with Crippen LogP contribution in [0.3, 0.4) is 0 Å². The Bertz CT molecular complexity index is 1040. The van der Waals surface area contributed by atoms with Crippen LogP contribution in [-0.4, -0.2) is 63.0 Å². The van der Waals surface area contributed by atoms with E-state index < -0.39 is 17.0 Å². The van der Waals surface area contributed by atoms with Gasteiger partial charge in [-0.2, -0.15) is 5.10 Å². The minimum absolute atomic E-state index is 0.375. The Hall–Kier alpha value is -2.23. The number of likely N-dealkylation sites (N-methyl/N-ethyl adjacent to an activating group) is 2. The van der Waals surface area contributed by atoms with Gasteiger partial charge < -0.3 is 10.2 Å². The Labute approximate surface area is 191 Å². The van der Waals surface area contributed by atoms with Crippen molar-refractivity contribution in [2.45, 2.75) is 56.1 Å². The molecule has 2 amide bonds. The number of carbonyl (C=O) groups excluding carboxylic acids is 1. The lowest BCUT2D eigenvalue weighted by Crippen LogP contribution is -2.56. The number of hydrogen-bond donors (Lipinski definition) is 2. The molecule has 2 heterocycles. The predicted octanol–water partition coefficient (Wildman–Crippen LogP) is 1.99. The van der Waals surface area contributed by atoms with Crippen molar-refractivity contribution < 1.29 is 9.00 Å². The first-order valence-electron chi connectivity index (χ1n) is 11.5. The summed E-state index contributed by atoms with van der Waals surface area (Å²) in [6.45, 7) is 2.84. The summed E-state index contributed by atoms with van der Waals surface area (Å²) in [6, 6.07) is 4.26. The highest BCUT2D eigenvalue weighted by atomic mass is 32.2. The highest BCUT2D eigenvalue weighted by Crippen LogP contribution is 2.38. The Morgan fingerprint density at radius 1 is 1.12 bits per heavy atom. The van der Waals surface area contributed by atoms with E-state index in [4.69, 9.17) is 0 Å². The van der Waals surface area contributed by atoms with Crippen LogP contribution in [0.1, 0.15) is 40.8 Å². The summed E-state index contributed by atoms with van der Waals surface area (Å²) in [4.78, 5) is 17.3. The van der Waals surface area contributed by atoms with Crippen LogP contribution in [0.2, 0.25) is 0 Å². The van der Waals surface area contributed by atoms with Crippen molar-refractivity contribution in [1.29, 1.82) is 0 Å². The lowest BCUT2D eigenvalue weighted by Gasteiger charge is -2.41. The second kappa shape index (κ2) is 8.61. The standard InChI is InChI=1S/C23H32N6O2S/c1-27-12-18(13-27)28(2)14-17-11-21(25-29(17)3)32(31)26-23(30)24-22-19-8-4-6-15(19)10-16-7-5-9-20(16)22/h10-11,18H,4-9,12-14H2,1-3H3,(H2,24,26,30). The van der Waals surface area contributed by atoms with Crippen molar-refractivity contribution in [1.82, 2.24) is 24.3 Å². The molecule has 8 nitrogen and oxygen atoms in total. The van der Waals surface area contributed by atoms with Gasteiger partial charge in [-0.1, -0.05) is 6.07 Å². The van der Waals surface area contributed by atoms with E-state index in [0.717, 1.165) is 69.5 Å². The van der Waals surface area contributed by atoms with E-state index in [1.54, 1.807) is 4.68 Å². The van der Waals surface area contributed by atoms with Crippen molar-refractivity contribution in [3.8, 4) is 0 Å². The van der Waals surface area contributed by atoms with Gasteiger partial charge in [-0.05, 0) is 80.9 Å². The van der Waals surface area contributed by atoms with Gasteiger partial charge in [0, 0.05) is 38.4 Å². The van der Waals surface area contributed by atoms with E-state index in [-0.39, 0.29) is 0 Å². The molecule has 1 unspecified atom stereocenters. The minimum atomic E-state index is -1.71. The molecule has 1 aromatic carbocycles. The third-order valence-electron chi connectivity index (χ3n) is 7.12. The molecule has 5 rings (SSSR count). The number of amides is 2. The fraction of sp³-hybridized carbons (Fsp3) is 0.565. The van der Waals surface area contributed by atoms with Crippen LogP contribution in [-0.2, 0) is 50.3 Å². The molecular weight excluding hydrogens is 424 g/mol. The van der Waals surface area contributed by atoms with Gasteiger partial charge in [0.05, 0.1) is 5.69 Å². The molecule has 3 aliphatic rings. The van der Waals surface area contributed by atoms with Crippen molar-refractivity contribution in [2.75, 3.05) is 32.5 Å². The van der Waals surface area contributed by atoms with Crippen LogP contribution < -0.4 is 10.0 Å². The Kier molecular flexibility index (Phi) is 5.81.